The number of carbonyl (C=O) groups excluding carboxylic acids is 2. The molecule has 0 aromatic heterocycles. The molecular formula is C12H13FN2O2. The van der Waals surface area contributed by atoms with Crippen LogP contribution in [0.15, 0.2) is 18.2 Å². The number of nitrogens with one attached hydrogen (secondary N) is 2. The molecule has 1 heterocycles. The highest BCUT2D eigenvalue weighted by Gasteiger charge is 2.27. The molecule has 0 unspecified atom stereocenters. The Labute approximate surface area is 98.2 Å². The van der Waals surface area contributed by atoms with Crippen LogP contribution in [0.25, 0.3) is 0 Å². The van der Waals surface area contributed by atoms with E-state index in [9.17, 15) is 14.0 Å². The highest BCUT2D eigenvalue weighted by atomic mass is 19.1. The van der Waals surface area contributed by atoms with E-state index >= 15 is 0 Å². The molecule has 1 aliphatic rings. The van der Waals surface area contributed by atoms with Crippen molar-refractivity contribution in [1.29, 1.82) is 0 Å². The number of hydrogen-bond acceptors (Lipinski definition) is 2. The lowest BCUT2D eigenvalue weighted by atomic mass is 10.2. The van der Waals surface area contributed by atoms with Crippen molar-refractivity contribution < 1.29 is 14.0 Å². The van der Waals surface area contributed by atoms with Gasteiger partial charge in [-0.15, -0.1) is 0 Å². The van der Waals surface area contributed by atoms with Crippen molar-refractivity contribution in [3.63, 3.8) is 0 Å². The maximum atomic E-state index is 13.2. The zero-order valence-electron chi connectivity index (χ0n) is 9.42. The van der Waals surface area contributed by atoms with Crippen LogP contribution >= 0.6 is 0 Å². The number of anilines is 1. The molecule has 1 atom stereocenters. The Morgan fingerprint density at radius 3 is 2.88 bits per heavy atom. The lowest BCUT2D eigenvalue weighted by molar-refractivity contribution is -0.122. The zero-order valence-corrected chi connectivity index (χ0v) is 9.42. The van der Waals surface area contributed by atoms with Crippen molar-refractivity contribution in [2.75, 3.05) is 5.32 Å². The van der Waals surface area contributed by atoms with E-state index in [1.165, 1.54) is 6.07 Å². The normalized spacial score (nSPS) is 18.9. The van der Waals surface area contributed by atoms with E-state index in [1.807, 2.05) is 0 Å². The van der Waals surface area contributed by atoms with E-state index in [0.717, 1.165) is 0 Å². The van der Waals surface area contributed by atoms with Crippen LogP contribution in [0.2, 0.25) is 0 Å². The number of rotatable bonds is 2. The molecular weight excluding hydrogens is 223 g/mol. The second kappa shape index (κ2) is 4.53. The van der Waals surface area contributed by atoms with E-state index in [2.05, 4.69) is 10.6 Å². The van der Waals surface area contributed by atoms with Gasteiger partial charge in [-0.05, 0) is 31.0 Å². The van der Waals surface area contributed by atoms with Gasteiger partial charge in [-0.1, -0.05) is 6.07 Å². The van der Waals surface area contributed by atoms with Crippen molar-refractivity contribution in [2.45, 2.75) is 25.8 Å². The highest BCUT2D eigenvalue weighted by molar-refractivity contribution is 5.98. The molecule has 5 heteroatoms. The summed E-state index contributed by atoms with van der Waals surface area (Å²) < 4.78 is 13.2. The second-order valence-electron chi connectivity index (χ2n) is 4.11. The van der Waals surface area contributed by atoms with Crippen molar-refractivity contribution in [1.82, 2.24) is 5.32 Å². The number of hydrogen-bond donors (Lipinski definition) is 2. The fraction of sp³-hybridized carbons (Fsp3) is 0.333. The minimum absolute atomic E-state index is 0.125. The Hall–Kier alpha value is -1.91. The molecule has 1 fully saturated rings. The molecule has 90 valence electrons. The SMILES string of the molecule is Cc1ccc(NC(=O)[C@H]2CCC(=O)N2)cc1F. The molecule has 2 N–H and O–H groups in total. The molecule has 2 rings (SSSR count). The molecule has 2 amide bonds. The number of carbonyl (C=O) groups is 2. The predicted molar refractivity (Wildman–Crippen MR) is 60.9 cm³/mol. The first-order valence-corrected chi connectivity index (χ1v) is 5.42. The van der Waals surface area contributed by atoms with E-state index in [4.69, 9.17) is 0 Å². The molecule has 1 aliphatic heterocycles. The number of halogens is 1. The van der Waals surface area contributed by atoms with Crippen LogP contribution in [0.1, 0.15) is 18.4 Å². The molecule has 0 radical (unpaired) electrons. The Morgan fingerprint density at radius 2 is 2.29 bits per heavy atom. The molecule has 0 bridgehead atoms. The standard InChI is InChI=1S/C12H13FN2O2/c1-7-2-3-8(6-9(7)13)14-12(17)10-4-5-11(16)15-10/h2-3,6,10H,4-5H2,1H3,(H,14,17)(H,15,16)/t10-/m1/s1. The van der Waals surface area contributed by atoms with Gasteiger partial charge in [0.15, 0.2) is 0 Å². The van der Waals surface area contributed by atoms with Crippen molar-refractivity contribution >= 4 is 17.5 Å². The van der Waals surface area contributed by atoms with Crippen LogP contribution in [0, 0.1) is 12.7 Å². The minimum atomic E-state index is -0.508. The number of amides is 2. The third-order valence-corrected chi connectivity index (χ3v) is 2.75. The summed E-state index contributed by atoms with van der Waals surface area (Å²) in [5.74, 6) is -0.794. The Bertz CT molecular complexity index is 474. The van der Waals surface area contributed by atoms with Gasteiger partial charge >= 0.3 is 0 Å². The van der Waals surface area contributed by atoms with E-state index in [-0.39, 0.29) is 17.6 Å². The summed E-state index contributed by atoms with van der Waals surface area (Å²) in [5, 5.41) is 5.13. The third-order valence-electron chi connectivity index (χ3n) is 2.75. The zero-order chi connectivity index (χ0) is 12.4. The first-order chi connectivity index (χ1) is 8.06. The number of aryl methyl sites for hydroxylation is 1. The van der Waals surface area contributed by atoms with Crippen LogP contribution < -0.4 is 10.6 Å². The first-order valence-electron chi connectivity index (χ1n) is 5.42. The Morgan fingerprint density at radius 1 is 1.53 bits per heavy atom. The molecule has 0 spiro atoms. The molecule has 17 heavy (non-hydrogen) atoms. The third kappa shape index (κ3) is 2.61. The molecule has 1 saturated heterocycles. The average molecular weight is 236 g/mol. The summed E-state index contributed by atoms with van der Waals surface area (Å²) in [6.45, 7) is 1.65. The first kappa shape index (κ1) is 11.6. The summed E-state index contributed by atoms with van der Waals surface area (Å²) >= 11 is 0. The van der Waals surface area contributed by atoms with E-state index in [0.29, 0.717) is 24.1 Å². The van der Waals surface area contributed by atoms with Gasteiger partial charge in [0.2, 0.25) is 11.8 Å². The monoisotopic (exact) mass is 236 g/mol. The predicted octanol–water partition coefficient (Wildman–Crippen LogP) is 1.35. The van der Waals surface area contributed by atoms with Gasteiger partial charge < -0.3 is 10.6 Å². The maximum Gasteiger partial charge on any atom is 0.246 e. The summed E-state index contributed by atoms with van der Waals surface area (Å²) in [4.78, 5) is 22.7. The van der Waals surface area contributed by atoms with Gasteiger partial charge in [-0.25, -0.2) is 4.39 Å². The smallest absolute Gasteiger partial charge is 0.246 e. The molecule has 0 saturated carbocycles. The summed E-state index contributed by atoms with van der Waals surface area (Å²) in [6, 6.07) is 3.99. The van der Waals surface area contributed by atoms with Gasteiger partial charge in [0.05, 0.1) is 0 Å². The fourth-order valence-corrected chi connectivity index (χ4v) is 1.71. The fourth-order valence-electron chi connectivity index (χ4n) is 1.71. The topological polar surface area (TPSA) is 58.2 Å². The highest BCUT2D eigenvalue weighted by Crippen LogP contribution is 2.15. The van der Waals surface area contributed by atoms with Crippen LogP contribution in [-0.2, 0) is 9.59 Å². The van der Waals surface area contributed by atoms with Gasteiger partial charge in [-0.2, -0.15) is 0 Å². The Balaban J connectivity index is 2.03. The van der Waals surface area contributed by atoms with E-state index in [1.54, 1.807) is 19.1 Å². The minimum Gasteiger partial charge on any atom is -0.344 e. The lowest BCUT2D eigenvalue weighted by Gasteiger charge is -2.11. The molecule has 0 aliphatic carbocycles. The molecule has 1 aromatic rings. The second-order valence-corrected chi connectivity index (χ2v) is 4.11. The van der Waals surface area contributed by atoms with Gasteiger partial charge in [0.25, 0.3) is 0 Å². The molecule has 1 aromatic carbocycles. The van der Waals surface area contributed by atoms with Crippen LogP contribution in [0.3, 0.4) is 0 Å². The average Bonchev–Trinajstić information content (AvgIpc) is 2.70. The Kier molecular flexibility index (Phi) is 3.08. The largest absolute Gasteiger partial charge is 0.344 e. The van der Waals surface area contributed by atoms with Crippen LogP contribution in [0.4, 0.5) is 10.1 Å². The molecule has 4 nitrogen and oxygen atoms in total. The van der Waals surface area contributed by atoms with Gasteiger partial charge in [0, 0.05) is 12.1 Å². The van der Waals surface area contributed by atoms with Crippen LogP contribution in [0.5, 0.6) is 0 Å². The summed E-state index contributed by atoms with van der Waals surface area (Å²) in [7, 11) is 0. The van der Waals surface area contributed by atoms with E-state index < -0.39 is 6.04 Å². The van der Waals surface area contributed by atoms with Gasteiger partial charge in [0.1, 0.15) is 11.9 Å². The van der Waals surface area contributed by atoms with Crippen molar-refractivity contribution in [2.24, 2.45) is 0 Å². The van der Waals surface area contributed by atoms with Gasteiger partial charge in [-0.3, -0.25) is 9.59 Å². The van der Waals surface area contributed by atoms with Crippen molar-refractivity contribution in [3.05, 3.63) is 29.6 Å². The lowest BCUT2D eigenvalue weighted by Crippen LogP contribution is -2.37. The quantitative estimate of drug-likeness (QED) is 0.814. The maximum absolute atomic E-state index is 13.2. The van der Waals surface area contributed by atoms with Crippen molar-refractivity contribution in [3.8, 4) is 0 Å². The summed E-state index contributed by atoms with van der Waals surface area (Å²) in [5.41, 5.74) is 0.927. The number of benzene rings is 1. The van der Waals surface area contributed by atoms with Crippen LogP contribution in [-0.4, -0.2) is 17.9 Å². The summed E-state index contributed by atoms with van der Waals surface area (Å²) in [6.07, 6.45) is 0.847.